The zero-order valence-electron chi connectivity index (χ0n) is 17.1. The highest BCUT2D eigenvalue weighted by Crippen LogP contribution is 2.49. The third-order valence-corrected chi connectivity index (χ3v) is 6.90. The lowest BCUT2D eigenvalue weighted by molar-refractivity contribution is -0.0404. The molecule has 0 spiro atoms. The van der Waals surface area contributed by atoms with Crippen molar-refractivity contribution in [1.29, 1.82) is 0 Å². The van der Waals surface area contributed by atoms with Crippen molar-refractivity contribution in [3.63, 3.8) is 0 Å². The van der Waals surface area contributed by atoms with Crippen LogP contribution in [0.5, 0.6) is 5.75 Å². The summed E-state index contributed by atoms with van der Waals surface area (Å²) in [6.45, 7) is 3.10. The maximum Gasteiger partial charge on any atom is 0.252 e. The molecule has 1 atom stereocenters. The average Bonchev–Trinajstić information content (AvgIpc) is 2.73. The number of hydrogen-bond acceptors (Lipinski definition) is 3. The van der Waals surface area contributed by atoms with E-state index in [4.69, 9.17) is 4.74 Å². The quantitative estimate of drug-likeness (QED) is 0.841. The van der Waals surface area contributed by atoms with Crippen molar-refractivity contribution in [2.24, 2.45) is 5.92 Å². The second-order valence-electron chi connectivity index (χ2n) is 8.43. The van der Waals surface area contributed by atoms with Crippen molar-refractivity contribution in [3.05, 3.63) is 65.2 Å². The molecule has 2 aromatic carbocycles. The molecular weight excluding hydrogens is 348 g/mol. The fourth-order valence-electron chi connectivity index (χ4n) is 5.17. The first-order valence-corrected chi connectivity index (χ1v) is 10.3. The number of fused-ring (bicyclic) bond motifs is 3. The van der Waals surface area contributed by atoms with Gasteiger partial charge in [-0.25, -0.2) is 0 Å². The molecule has 2 bridgehead atoms. The number of ether oxygens (including phenoxy) is 1. The van der Waals surface area contributed by atoms with Gasteiger partial charge in [0.05, 0.1) is 13.2 Å². The summed E-state index contributed by atoms with van der Waals surface area (Å²) < 4.78 is 5.34. The van der Waals surface area contributed by atoms with Crippen molar-refractivity contribution in [3.8, 4) is 5.75 Å². The van der Waals surface area contributed by atoms with E-state index in [1.807, 2.05) is 31.2 Å². The maximum atomic E-state index is 13.4. The molecule has 148 valence electrons. The smallest absolute Gasteiger partial charge is 0.252 e. The third kappa shape index (κ3) is 3.30. The standard InChI is InChI=1S/C24H30N2O2/c1-17-9-10-20(28-3)15-21(17)23(27)25-22(19-7-5-4-6-8-19)24-13-11-18(12-14-24)16-26(24)2/h4-10,15,18,22H,11-14,16H2,1-3H3,(H,25,27). The van der Waals surface area contributed by atoms with E-state index in [-0.39, 0.29) is 17.5 Å². The maximum absolute atomic E-state index is 13.4. The van der Waals surface area contributed by atoms with Gasteiger partial charge in [0, 0.05) is 17.6 Å². The Morgan fingerprint density at radius 2 is 1.89 bits per heavy atom. The van der Waals surface area contributed by atoms with Crippen LogP contribution in [0.4, 0.5) is 0 Å². The van der Waals surface area contributed by atoms with E-state index in [0.717, 1.165) is 30.9 Å². The van der Waals surface area contributed by atoms with E-state index >= 15 is 0 Å². The number of rotatable bonds is 5. The highest BCUT2D eigenvalue weighted by Gasteiger charge is 2.50. The van der Waals surface area contributed by atoms with Gasteiger partial charge in [0.2, 0.25) is 0 Å². The topological polar surface area (TPSA) is 41.6 Å². The normalized spacial score (nSPS) is 25.3. The van der Waals surface area contributed by atoms with E-state index in [0.29, 0.717) is 11.3 Å². The minimum absolute atomic E-state index is 0.0153. The van der Waals surface area contributed by atoms with Crippen molar-refractivity contribution in [1.82, 2.24) is 10.2 Å². The van der Waals surface area contributed by atoms with Gasteiger partial charge in [0.15, 0.2) is 0 Å². The monoisotopic (exact) mass is 378 g/mol. The first kappa shape index (κ1) is 19.0. The van der Waals surface area contributed by atoms with Crippen LogP contribution in [0, 0.1) is 12.8 Å². The Morgan fingerprint density at radius 1 is 1.18 bits per heavy atom. The Kier molecular flexibility index (Phi) is 5.15. The summed E-state index contributed by atoms with van der Waals surface area (Å²) in [4.78, 5) is 15.9. The lowest BCUT2D eigenvalue weighted by Crippen LogP contribution is -2.62. The highest BCUT2D eigenvalue weighted by atomic mass is 16.5. The minimum Gasteiger partial charge on any atom is -0.497 e. The number of aryl methyl sites for hydroxylation is 1. The molecule has 0 aromatic heterocycles. The molecule has 1 N–H and O–H groups in total. The van der Waals surface area contributed by atoms with Crippen LogP contribution >= 0.6 is 0 Å². The van der Waals surface area contributed by atoms with Crippen molar-refractivity contribution in [2.45, 2.75) is 44.2 Å². The lowest BCUT2D eigenvalue weighted by Gasteiger charge is -2.57. The number of likely N-dealkylation sites (N-methyl/N-ethyl adjacent to an activating group) is 1. The number of methoxy groups -OCH3 is 1. The number of amides is 1. The highest BCUT2D eigenvalue weighted by molar-refractivity contribution is 5.96. The predicted octanol–water partition coefficient (Wildman–Crippen LogP) is 4.35. The van der Waals surface area contributed by atoms with Gasteiger partial charge in [0.25, 0.3) is 5.91 Å². The molecule has 3 fully saturated rings. The van der Waals surface area contributed by atoms with Crippen molar-refractivity contribution in [2.75, 3.05) is 20.7 Å². The van der Waals surface area contributed by atoms with E-state index in [9.17, 15) is 4.79 Å². The minimum atomic E-state index is -0.0296. The molecule has 4 heteroatoms. The van der Waals surface area contributed by atoms with Crippen LogP contribution in [0.1, 0.15) is 53.2 Å². The van der Waals surface area contributed by atoms with Gasteiger partial charge in [0.1, 0.15) is 5.75 Å². The number of carbonyl (C=O) groups excluding carboxylic acids is 1. The van der Waals surface area contributed by atoms with Gasteiger partial charge in [-0.05, 0) is 68.8 Å². The summed E-state index contributed by atoms with van der Waals surface area (Å²) >= 11 is 0. The Labute approximate surface area is 167 Å². The molecule has 2 heterocycles. The number of hydrogen-bond donors (Lipinski definition) is 1. The van der Waals surface area contributed by atoms with Gasteiger partial charge in [-0.1, -0.05) is 36.4 Å². The van der Waals surface area contributed by atoms with Crippen molar-refractivity contribution >= 4 is 5.91 Å². The van der Waals surface area contributed by atoms with Crippen LogP contribution < -0.4 is 10.1 Å². The van der Waals surface area contributed by atoms with Crippen LogP contribution in [-0.2, 0) is 0 Å². The Hall–Kier alpha value is -2.33. The van der Waals surface area contributed by atoms with Gasteiger partial charge < -0.3 is 10.1 Å². The Balaban J connectivity index is 1.70. The van der Waals surface area contributed by atoms with E-state index in [1.165, 1.54) is 18.4 Å². The van der Waals surface area contributed by atoms with Gasteiger partial charge in [-0.3, -0.25) is 9.69 Å². The molecular formula is C24H30N2O2. The van der Waals surface area contributed by atoms with Crippen molar-refractivity contribution < 1.29 is 9.53 Å². The summed E-state index contributed by atoms with van der Waals surface area (Å²) in [7, 11) is 3.86. The fraction of sp³-hybridized carbons (Fsp3) is 0.458. The molecule has 2 aromatic rings. The van der Waals surface area contributed by atoms with Gasteiger partial charge in [-0.2, -0.15) is 0 Å². The zero-order chi connectivity index (χ0) is 19.7. The number of nitrogens with one attached hydrogen (secondary N) is 1. The number of benzene rings is 2. The van der Waals surface area contributed by atoms with Crippen LogP contribution in [0.2, 0.25) is 0 Å². The molecule has 3 aliphatic rings. The van der Waals surface area contributed by atoms with Gasteiger partial charge in [-0.15, -0.1) is 0 Å². The molecule has 4 nitrogen and oxygen atoms in total. The first-order chi connectivity index (χ1) is 13.5. The fourth-order valence-corrected chi connectivity index (χ4v) is 5.17. The predicted molar refractivity (Wildman–Crippen MR) is 112 cm³/mol. The molecule has 1 amide bonds. The van der Waals surface area contributed by atoms with Crippen LogP contribution in [-0.4, -0.2) is 37.0 Å². The van der Waals surface area contributed by atoms with Crippen LogP contribution in [0.15, 0.2) is 48.5 Å². The van der Waals surface area contributed by atoms with Gasteiger partial charge >= 0.3 is 0 Å². The van der Waals surface area contributed by atoms with Crippen LogP contribution in [0.3, 0.4) is 0 Å². The molecule has 1 saturated carbocycles. The first-order valence-electron chi connectivity index (χ1n) is 10.3. The summed E-state index contributed by atoms with van der Waals surface area (Å²) in [5, 5.41) is 3.42. The number of nitrogens with zero attached hydrogens (tertiary/aromatic N) is 1. The molecule has 1 unspecified atom stereocenters. The third-order valence-electron chi connectivity index (χ3n) is 6.90. The second-order valence-corrected chi connectivity index (χ2v) is 8.43. The van der Waals surface area contributed by atoms with E-state index in [2.05, 4.69) is 41.5 Å². The van der Waals surface area contributed by atoms with E-state index in [1.54, 1.807) is 7.11 Å². The summed E-state index contributed by atoms with van der Waals surface area (Å²) in [5.41, 5.74) is 2.81. The average molecular weight is 379 g/mol. The molecule has 0 radical (unpaired) electrons. The largest absolute Gasteiger partial charge is 0.497 e. The lowest BCUT2D eigenvalue weighted by atomic mass is 9.65. The number of piperidine rings is 2. The summed E-state index contributed by atoms with van der Waals surface area (Å²) in [6.07, 6.45) is 4.76. The zero-order valence-corrected chi connectivity index (χ0v) is 17.1. The molecule has 2 saturated heterocycles. The van der Waals surface area contributed by atoms with E-state index < -0.39 is 0 Å². The Morgan fingerprint density at radius 3 is 2.54 bits per heavy atom. The summed E-state index contributed by atoms with van der Waals surface area (Å²) in [5.74, 6) is 1.49. The molecule has 28 heavy (non-hydrogen) atoms. The molecule has 5 rings (SSSR count). The summed E-state index contributed by atoms with van der Waals surface area (Å²) in [6, 6.07) is 16.1. The molecule has 1 aliphatic carbocycles. The Bertz CT molecular complexity index is 841. The second kappa shape index (κ2) is 7.59. The SMILES string of the molecule is COc1ccc(C)c(C(=O)NC(c2ccccc2)C23CCC(CC2)CN3C)c1. The van der Waals surface area contributed by atoms with Crippen LogP contribution in [0.25, 0.3) is 0 Å². The molecule has 2 aliphatic heterocycles. The number of carbonyl (C=O) groups is 1.